The van der Waals surface area contributed by atoms with Crippen molar-refractivity contribution in [3.05, 3.63) is 46.0 Å². The molecule has 1 N–H and O–H groups in total. The Labute approximate surface area is 128 Å². The van der Waals surface area contributed by atoms with Gasteiger partial charge in [0.2, 0.25) is 0 Å². The summed E-state index contributed by atoms with van der Waals surface area (Å²) >= 11 is 3.66. The van der Waals surface area contributed by atoms with Gasteiger partial charge in [-0.05, 0) is 37.6 Å². The molecule has 1 aromatic carbocycles. The molecule has 0 amide bonds. The van der Waals surface area contributed by atoms with E-state index in [1.165, 1.54) is 11.1 Å². The number of hydrogen-bond acceptors (Lipinski definition) is 3. The molecule has 1 atom stereocenters. The molecule has 2 rings (SSSR count). The Morgan fingerprint density at radius 3 is 2.85 bits per heavy atom. The lowest BCUT2D eigenvalue weighted by Gasteiger charge is -2.18. The molecule has 0 aliphatic heterocycles. The van der Waals surface area contributed by atoms with E-state index in [9.17, 15) is 0 Å². The van der Waals surface area contributed by atoms with E-state index in [1.54, 1.807) is 6.33 Å². The lowest BCUT2D eigenvalue weighted by atomic mass is 10.0. The Kier molecular flexibility index (Phi) is 5.31. The lowest BCUT2D eigenvalue weighted by Crippen LogP contribution is -2.21. The maximum Gasteiger partial charge on any atom is 0.138 e. The maximum absolute atomic E-state index is 4.39. The fourth-order valence-electron chi connectivity index (χ4n) is 2.31. The smallest absolute Gasteiger partial charge is 0.138 e. The molecule has 0 aliphatic rings. The zero-order chi connectivity index (χ0) is 14.5. The summed E-state index contributed by atoms with van der Waals surface area (Å²) in [6, 6.07) is 6.68. The minimum atomic E-state index is 0.227. The molecule has 0 bridgehead atoms. The molecular formula is C15H21BrN4. The molecule has 2 aromatic rings. The van der Waals surface area contributed by atoms with Crippen LogP contribution in [0.4, 0.5) is 0 Å². The Bertz CT molecular complexity index is 565. The van der Waals surface area contributed by atoms with E-state index in [-0.39, 0.29) is 6.04 Å². The van der Waals surface area contributed by atoms with Crippen LogP contribution in [0, 0.1) is 6.92 Å². The fourth-order valence-corrected chi connectivity index (χ4v) is 3.08. The van der Waals surface area contributed by atoms with Gasteiger partial charge in [-0.25, -0.2) is 4.98 Å². The van der Waals surface area contributed by atoms with Crippen molar-refractivity contribution in [2.24, 2.45) is 0 Å². The van der Waals surface area contributed by atoms with Gasteiger partial charge >= 0.3 is 0 Å². The molecule has 0 saturated carbocycles. The fraction of sp³-hybridized carbons (Fsp3) is 0.467. The van der Waals surface area contributed by atoms with E-state index < -0.39 is 0 Å². The summed E-state index contributed by atoms with van der Waals surface area (Å²) in [6.45, 7) is 5.17. The number of hydrogen-bond donors (Lipinski definition) is 1. The van der Waals surface area contributed by atoms with Gasteiger partial charge in [-0.1, -0.05) is 35.0 Å². The summed E-state index contributed by atoms with van der Waals surface area (Å²) < 4.78 is 3.13. The third-order valence-electron chi connectivity index (χ3n) is 3.40. The molecule has 1 aromatic heterocycles. The van der Waals surface area contributed by atoms with Crippen LogP contribution in [0.1, 0.15) is 36.3 Å². The van der Waals surface area contributed by atoms with Crippen molar-refractivity contribution >= 4 is 15.9 Å². The SMILES string of the molecule is CCCn1ncnc1CC(NC)c1ccc(C)cc1Br. The quantitative estimate of drug-likeness (QED) is 0.880. The van der Waals surface area contributed by atoms with Crippen LogP contribution < -0.4 is 5.32 Å². The molecule has 20 heavy (non-hydrogen) atoms. The van der Waals surface area contributed by atoms with Gasteiger partial charge in [0.1, 0.15) is 12.2 Å². The number of benzene rings is 1. The van der Waals surface area contributed by atoms with Gasteiger partial charge in [0, 0.05) is 23.5 Å². The first-order chi connectivity index (χ1) is 9.65. The summed E-state index contributed by atoms with van der Waals surface area (Å²) in [5.41, 5.74) is 2.51. The zero-order valence-electron chi connectivity index (χ0n) is 12.2. The molecule has 0 spiro atoms. The normalized spacial score (nSPS) is 12.6. The molecule has 0 fully saturated rings. The number of halogens is 1. The van der Waals surface area contributed by atoms with E-state index in [0.29, 0.717) is 0 Å². The molecule has 1 heterocycles. The van der Waals surface area contributed by atoms with Crippen LogP contribution in [-0.2, 0) is 13.0 Å². The second kappa shape index (κ2) is 6.99. The topological polar surface area (TPSA) is 42.7 Å². The van der Waals surface area contributed by atoms with Gasteiger partial charge < -0.3 is 5.32 Å². The average Bonchev–Trinajstić information content (AvgIpc) is 2.84. The third-order valence-corrected chi connectivity index (χ3v) is 4.08. The van der Waals surface area contributed by atoms with Gasteiger partial charge in [0.25, 0.3) is 0 Å². The first-order valence-electron chi connectivity index (χ1n) is 6.95. The molecule has 108 valence electrons. The Morgan fingerprint density at radius 1 is 1.40 bits per heavy atom. The molecule has 4 nitrogen and oxygen atoms in total. The highest BCUT2D eigenvalue weighted by atomic mass is 79.9. The third kappa shape index (κ3) is 3.46. The first kappa shape index (κ1) is 15.2. The van der Waals surface area contributed by atoms with Crippen LogP contribution in [0.15, 0.2) is 29.0 Å². The summed E-state index contributed by atoms with van der Waals surface area (Å²) in [5.74, 6) is 1.03. The number of nitrogens with one attached hydrogen (secondary N) is 1. The second-order valence-corrected chi connectivity index (χ2v) is 5.82. The van der Waals surface area contributed by atoms with Gasteiger partial charge in [-0.15, -0.1) is 0 Å². The number of aryl methyl sites for hydroxylation is 2. The molecule has 0 saturated heterocycles. The molecule has 0 aliphatic carbocycles. The Morgan fingerprint density at radius 2 is 2.20 bits per heavy atom. The van der Waals surface area contributed by atoms with Crippen LogP contribution in [0.3, 0.4) is 0 Å². The van der Waals surface area contributed by atoms with Crippen molar-refractivity contribution in [2.45, 2.75) is 39.3 Å². The van der Waals surface area contributed by atoms with Gasteiger partial charge in [0.15, 0.2) is 0 Å². The highest BCUT2D eigenvalue weighted by Gasteiger charge is 2.16. The summed E-state index contributed by atoms with van der Waals surface area (Å²) in [7, 11) is 1.98. The van der Waals surface area contributed by atoms with E-state index in [2.05, 4.69) is 63.4 Å². The largest absolute Gasteiger partial charge is 0.313 e. The maximum atomic E-state index is 4.39. The minimum Gasteiger partial charge on any atom is -0.313 e. The van der Waals surface area contributed by atoms with E-state index in [0.717, 1.165) is 29.7 Å². The van der Waals surface area contributed by atoms with E-state index >= 15 is 0 Å². The van der Waals surface area contributed by atoms with Gasteiger partial charge in [0.05, 0.1) is 0 Å². The van der Waals surface area contributed by atoms with Crippen molar-refractivity contribution in [2.75, 3.05) is 7.05 Å². The van der Waals surface area contributed by atoms with Crippen LogP contribution >= 0.6 is 15.9 Å². The summed E-state index contributed by atoms with van der Waals surface area (Å²) in [4.78, 5) is 4.39. The molecule has 1 unspecified atom stereocenters. The first-order valence-corrected chi connectivity index (χ1v) is 7.75. The van der Waals surface area contributed by atoms with E-state index in [1.807, 2.05) is 11.7 Å². The summed E-state index contributed by atoms with van der Waals surface area (Å²) in [5, 5.41) is 7.66. The minimum absolute atomic E-state index is 0.227. The highest BCUT2D eigenvalue weighted by molar-refractivity contribution is 9.10. The predicted octanol–water partition coefficient (Wildman–Crippen LogP) is 3.26. The average molecular weight is 337 g/mol. The molecule has 0 radical (unpaired) electrons. The number of rotatable bonds is 6. The van der Waals surface area contributed by atoms with Crippen molar-refractivity contribution in [1.82, 2.24) is 20.1 Å². The van der Waals surface area contributed by atoms with Crippen LogP contribution in [0.25, 0.3) is 0 Å². The number of likely N-dealkylation sites (N-methyl/N-ethyl adjacent to an activating group) is 1. The second-order valence-electron chi connectivity index (χ2n) is 4.97. The standard InChI is InChI=1S/C15H21BrN4/c1-4-7-20-15(18-10-19-20)9-14(17-3)12-6-5-11(2)8-13(12)16/h5-6,8,10,14,17H,4,7,9H2,1-3H3. The van der Waals surface area contributed by atoms with Crippen LogP contribution in [-0.4, -0.2) is 21.8 Å². The van der Waals surface area contributed by atoms with Crippen molar-refractivity contribution in [3.8, 4) is 0 Å². The number of aromatic nitrogens is 3. The highest BCUT2D eigenvalue weighted by Crippen LogP contribution is 2.26. The zero-order valence-corrected chi connectivity index (χ0v) is 13.8. The van der Waals surface area contributed by atoms with Crippen molar-refractivity contribution < 1.29 is 0 Å². The van der Waals surface area contributed by atoms with Crippen molar-refractivity contribution in [1.29, 1.82) is 0 Å². The van der Waals surface area contributed by atoms with Crippen LogP contribution in [0.2, 0.25) is 0 Å². The molecule has 5 heteroatoms. The number of nitrogens with zero attached hydrogens (tertiary/aromatic N) is 3. The summed E-state index contributed by atoms with van der Waals surface area (Å²) in [6.07, 6.45) is 3.54. The van der Waals surface area contributed by atoms with E-state index in [4.69, 9.17) is 0 Å². The Balaban J connectivity index is 2.22. The van der Waals surface area contributed by atoms with Gasteiger partial charge in [-0.2, -0.15) is 5.10 Å². The monoisotopic (exact) mass is 336 g/mol. The molecular weight excluding hydrogens is 316 g/mol. The predicted molar refractivity (Wildman–Crippen MR) is 84.7 cm³/mol. The van der Waals surface area contributed by atoms with Crippen molar-refractivity contribution in [3.63, 3.8) is 0 Å². The Hall–Kier alpha value is -1.20. The van der Waals surface area contributed by atoms with Gasteiger partial charge in [-0.3, -0.25) is 4.68 Å². The van der Waals surface area contributed by atoms with Crippen LogP contribution in [0.5, 0.6) is 0 Å². The lowest BCUT2D eigenvalue weighted by molar-refractivity contribution is 0.516.